The van der Waals surface area contributed by atoms with Crippen molar-refractivity contribution in [2.24, 2.45) is 0 Å². The van der Waals surface area contributed by atoms with Crippen LogP contribution in [0.4, 0.5) is 0 Å². The molecule has 0 fully saturated rings. The van der Waals surface area contributed by atoms with Crippen molar-refractivity contribution in [2.75, 3.05) is 7.05 Å². The summed E-state index contributed by atoms with van der Waals surface area (Å²) in [5, 5.41) is 4.25. The normalized spacial score (nSPS) is 12.4. The Balaban J connectivity index is 2.21. The van der Waals surface area contributed by atoms with Gasteiger partial charge < -0.3 is 5.32 Å². The highest BCUT2D eigenvalue weighted by atomic mass is 35.5. The summed E-state index contributed by atoms with van der Waals surface area (Å²) in [6.45, 7) is 4.23. The third-order valence-corrected chi connectivity index (χ3v) is 4.33. The molecule has 2 rings (SSSR count). The molecule has 0 saturated carbocycles. The van der Waals surface area contributed by atoms with Gasteiger partial charge in [0.2, 0.25) is 0 Å². The molecule has 0 spiro atoms. The summed E-state index contributed by atoms with van der Waals surface area (Å²) in [5.74, 6) is 0. The Morgan fingerprint density at radius 3 is 2.30 bits per heavy atom. The quantitative estimate of drug-likeness (QED) is 0.839. The van der Waals surface area contributed by atoms with Gasteiger partial charge in [0, 0.05) is 11.1 Å². The van der Waals surface area contributed by atoms with E-state index in [1.165, 1.54) is 16.7 Å². The van der Waals surface area contributed by atoms with E-state index >= 15 is 0 Å². The highest BCUT2D eigenvalue weighted by Crippen LogP contribution is 2.28. The lowest BCUT2D eigenvalue weighted by Gasteiger charge is -2.19. The van der Waals surface area contributed by atoms with Crippen LogP contribution in [0.15, 0.2) is 42.5 Å². The molecule has 0 aromatic heterocycles. The van der Waals surface area contributed by atoms with Gasteiger partial charge in [-0.15, -0.1) is 0 Å². The summed E-state index contributed by atoms with van der Waals surface area (Å²) >= 11 is 6.44. The van der Waals surface area contributed by atoms with Crippen LogP contribution >= 0.6 is 11.6 Å². The maximum atomic E-state index is 6.44. The Labute approximate surface area is 127 Å². The Kier molecular flexibility index (Phi) is 5.22. The maximum Gasteiger partial charge on any atom is 0.0483 e. The van der Waals surface area contributed by atoms with E-state index in [9.17, 15) is 0 Å². The van der Waals surface area contributed by atoms with Crippen molar-refractivity contribution in [1.82, 2.24) is 5.32 Å². The molecule has 0 amide bonds. The molecule has 0 aliphatic rings. The van der Waals surface area contributed by atoms with Gasteiger partial charge in [0.25, 0.3) is 0 Å². The molecule has 1 atom stereocenters. The molecule has 106 valence electrons. The van der Waals surface area contributed by atoms with Crippen molar-refractivity contribution in [3.05, 3.63) is 69.7 Å². The van der Waals surface area contributed by atoms with Crippen LogP contribution in [0, 0.1) is 6.92 Å². The largest absolute Gasteiger partial charge is 0.313 e. The first-order valence-electron chi connectivity index (χ1n) is 7.15. The summed E-state index contributed by atoms with van der Waals surface area (Å²) in [7, 11) is 1.99. The van der Waals surface area contributed by atoms with E-state index in [4.69, 9.17) is 11.6 Å². The number of hydrogen-bond acceptors (Lipinski definition) is 1. The van der Waals surface area contributed by atoms with Crippen LogP contribution in [0.2, 0.25) is 5.02 Å². The number of aryl methyl sites for hydroxylation is 2. The third kappa shape index (κ3) is 3.41. The number of halogens is 1. The Morgan fingerprint density at radius 2 is 1.70 bits per heavy atom. The van der Waals surface area contributed by atoms with Crippen LogP contribution in [-0.4, -0.2) is 7.05 Å². The van der Waals surface area contributed by atoms with Crippen molar-refractivity contribution in [1.29, 1.82) is 0 Å². The van der Waals surface area contributed by atoms with Gasteiger partial charge in [-0.1, -0.05) is 61.0 Å². The number of likely N-dealkylation sites (N-methyl/N-ethyl adjacent to an activating group) is 1. The molecule has 1 nitrogen and oxygen atoms in total. The highest BCUT2D eigenvalue weighted by Gasteiger charge is 2.14. The zero-order valence-electron chi connectivity index (χ0n) is 12.4. The van der Waals surface area contributed by atoms with Crippen molar-refractivity contribution >= 4 is 11.6 Å². The summed E-state index contributed by atoms with van der Waals surface area (Å²) in [6, 6.07) is 15.3. The second-order valence-electron chi connectivity index (χ2n) is 5.19. The summed E-state index contributed by atoms with van der Waals surface area (Å²) in [5.41, 5.74) is 5.02. The van der Waals surface area contributed by atoms with Gasteiger partial charge in [0.1, 0.15) is 0 Å². The number of hydrogen-bond donors (Lipinski definition) is 1. The molecular formula is C18H22ClN. The molecule has 0 saturated heterocycles. The first-order chi connectivity index (χ1) is 9.65. The smallest absolute Gasteiger partial charge is 0.0483 e. The first kappa shape index (κ1) is 15.1. The molecule has 2 heteroatoms. The summed E-state index contributed by atoms with van der Waals surface area (Å²) in [6.07, 6.45) is 2.03. The number of benzene rings is 2. The van der Waals surface area contributed by atoms with Gasteiger partial charge >= 0.3 is 0 Å². The molecule has 1 unspecified atom stereocenters. The van der Waals surface area contributed by atoms with Gasteiger partial charge in [-0.25, -0.2) is 0 Å². The standard InChI is InChI=1S/C18H22ClN/c1-4-14-8-10-15(11-9-14)12-17(20-3)16-7-5-6-13(2)18(16)19/h5-11,17,20H,4,12H2,1-3H3. The molecule has 2 aromatic rings. The molecule has 20 heavy (non-hydrogen) atoms. The minimum absolute atomic E-state index is 0.245. The molecular weight excluding hydrogens is 266 g/mol. The van der Waals surface area contributed by atoms with E-state index in [-0.39, 0.29) is 6.04 Å². The number of nitrogens with one attached hydrogen (secondary N) is 1. The molecule has 0 aliphatic carbocycles. The van der Waals surface area contributed by atoms with E-state index in [1.807, 2.05) is 7.05 Å². The highest BCUT2D eigenvalue weighted by molar-refractivity contribution is 6.32. The van der Waals surface area contributed by atoms with Crippen LogP contribution in [0.5, 0.6) is 0 Å². The van der Waals surface area contributed by atoms with Crippen LogP contribution in [-0.2, 0) is 12.8 Å². The lowest BCUT2D eigenvalue weighted by molar-refractivity contribution is 0.592. The van der Waals surface area contributed by atoms with E-state index in [0.29, 0.717) is 0 Å². The van der Waals surface area contributed by atoms with Crippen molar-refractivity contribution in [2.45, 2.75) is 32.7 Å². The number of rotatable bonds is 5. The van der Waals surface area contributed by atoms with Gasteiger partial charge in [-0.3, -0.25) is 0 Å². The molecule has 1 N–H and O–H groups in total. The lowest BCUT2D eigenvalue weighted by atomic mass is 9.97. The fourth-order valence-corrected chi connectivity index (χ4v) is 2.71. The molecule has 0 heterocycles. The van der Waals surface area contributed by atoms with Gasteiger partial charge in [0.05, 0.1) is 0 Å². The van der Waals surface area contributed by atoms with Gasteiger partial charge in [-0.2, -0.15) is 0 Å². The zero-order chi connectivity index (χ0) is 14.5. The summed E-state index contributed by atoms with van der Waals surface area (Å²) < 4.78 is 0. The van der Waals surface area contributed by atoms with E-state index in [0.717, 1.165) is 23.4 Å². The maximum absolute atomic E-state index is 6.44. The average Bonchev–Trinajstić information content (AvgIpc) is 2.48. The molecule has 0 aliphatic heterocycles. The van der Waals surface area contributed by atoms with Crippen LogP contribution in [0.3, 0.4) is 0 Å². The van der Waals surface area contributed by atoms with Crippen molar-refractivity contribution in [3.63, 3.8) is 0 Å². The average molecular weight is 288 g/mol. The third-order valence-electron chi connectivity index (χ3n) is 3.82. The minimum Gasteiger partial charge on any atom is -0.313 e. The predicted molar refractivity (Wildman–Crippen MR) is 87.5 cm³/mol. The first-order valence-corrected chi connectivity index (χ1v) is 7.53. The van der Waals surface area contributed by atoms with Crippen LogP contribution in [0.1, 0.15) is 35.2 Å². The van der Waals surface area contributed by atoms with Crippen LogP contribution in [0.25, 0.3) is 0 Å². The molecule has 2 aromatic carbocycles. The van der Waals surface area contributed by atoms with Gasteiger partial charge in [-0.05, 0) is 49.1 Å². The van der Waals surface area contributed by atoms with Crippen molar-refractivity contribution in [3.8, 4) is 0 Å². The topological polar surface area (TPSA) is 12.0 Å². The predicted octanol–water partition coefficient (Wildman–Crippen LogP) is 4.71. The fourth-order valence-electron chi connectivity index (χ4n) is 2.45. The lowest BCUT2D eigenvalue weighted by Crippen LogP contribution is -2.19. The van der Waals surface area contributed by atoms with Crippen molar-refractivity contribution < 1.29 is 0 Å². The second-order valence-corrected chi connectivity index (χ2v) is 5.57. The SMILES string of the molecule is CCc1ccc(CC(NC)c2cccc(C)c2Cl)cc1. The fraction of sp³-hybridized carbons (Fsp3) is 0.333. The van der Waals surface area contributed by atoms with Gasteiger partial charge in [0.15, 0.2) is 0 Å². The van der Waals surface area contributed by atoms with E-state index in [1.54, 1.807) is 0 Å². The Bertz CT molecular complexity index is 560. The Morgan fingerprint density at radius 1 is 1.05 bits per heavy atom. The zero-order valence-corrected chi connectivity index (χ0v) is 13.2. The summed E-state index contributed by atoms with van der Waals surface area (Å²) in [4.78, 5) is 0. The molecule has 0 bridgehead atoms. The second kappa shape index (κ2) is 6.92. The minimum atomic E-state index is 0.245. The van der Waals surface area contributed by atoms with E-state index < -0.39 is 0 Å². The molecule has 0 radical (unpaired) electrons. The Hall–Kier alpha value is -1.31. The monoisotopic (exact) mass is 287 g/mol. The van der Waals surface area contributed by atoms with Crippen LogP contribution < -0.4 is 5.32 Å². The van der Waals surface area contributed by atoms with E-state index in [2.05, 4.69) is 61.6 Å².